The molecule has 0 radical (unpaired) electrons. The van der Waals surface area contributed by atoms with Gasteiger partial charge in [-0.05, 0) is 66.6 Å². The third-order valence-corrected chi connectivity index (χ3v) is 10.4. The first-order chi connectivity index (χ1) is 12.5. The van der Waals surface area contributed by atoms with Crippen LogP contribution in [0.15, 0.2) is 49.1 Å². The summed E-state index contributed by atoms with van der Waals surface area (Å²) < 4.78 is 0. The Kier molecular flexibility index (Phi) is 4.73. The van der Waals surface area contributed by atoms with Gasteiger partial charge >= 0.3 is 0 Å². The van der Waals surface area contributed by atoms with Gasteiger partial charge in [0.1, 0.15) is 0 Å². The maximum atomic E-state index is 12.9. The summed E-state index contributed by atoms with van der Waals surface area (Å²) in [5, 5.41) is 3.51. The summed E-state index contributed by atoms with van der Waals surface area (Å²) in [6.45, 7) is 14.0. The highest BCUT2D eigenvalue weighted by atomic mass is 31.1. The molecule has 3 saturated heterocycles. The zero-order valence-corrected chi connectivity index (χ0v) is 16.7. The molecule has 4 aliphatic heterocycles. The zero-order valence-electron chi connectivity index (χ0n) is 15.8. The Labute approximate surface area is 159 Å². The number of hydrogen-bond donors (Lipinski definition) is 1. The molecule has 140 valence electrons. The lowest BCUT2D eigenvalue weighted by molar-refractivity contribution is -0.124. The number of nitrogens with one attached hydrogen (secondary N) is 1. The molecule has 0 spiro atoms. The molecule has 4 atom stereocenters. The molecule has 4 heteroatoms. The molecule has 4 heterocycles. The first-order valence-electron chi connectivity index (χ1n) is 9.86. The third-order valence-electron chi connectivity index (χ3n) is 6.91. The quantitative estimate of drug-likeness (QED) is 0.545. The molecule has 1 saturated carbocycles. The van der Waals surface area contributed by atoms with Crippen molar-refractivity contribution in [3.63, 3.8) is 0 Å². The summed E-state index contributed by atoms with van der Waals surface area (Å²) >= 11 is 0. The minimum atomic E-state index is 0.0894. The van der Waals surface area contributed by atoms with Gasteiger partial charge in [-0.1, -0.05) is 31.4 Å². The molecule has 1 N–H and O–H groups in total. The summed E-state index contributed by atoms with van der Waals surface area (Å²) in [6, 6.07) is 0. The summed E-state index contributed by atoms with van der Waals surface area (Å²) in [5.74, 6) is 0.211. The van der Waals surface area contributed by atoms with E-state index in [2.05, 4.69) is 36.0 Å². The molecule has 3 unspecified atom stereocenters. The van der Waals surface area contributed by atoms with E-state index in [9.17, 15) is 4.79 Å². The Balaban J connectivity index is 1.39. The Morgan fingerprint density at radius 3 is 2.73 bits per heavy atom. The molecule has 1 amide bonds. The van der Waals surface area contributed by atoms with Gasteiger partial charge in [-0.3, -0.25) is 9.69 Å². The van der Waals surface area contributed by atoms with Gasteiger partial charge in [-0.2, -0.15) is 0 Å². The topological polar surface area (TPSA) is 32.3 Å². The fraction of sp³-hybridized carbons (Fsp3) is 0.591. The van der Waals surface area contributed by atoms with E-state index in [4.69, 9.17) is 0 Å². The van der Waals surface area contributed by atoms with Crippen molar-refractivity contribution in [2.45, 2.75) is 43.3 Å². The first kappa shape index (κ1) is 18.2. The molecule has 26 heavy (non-hydrogen) atoms. The number of carbonyl (C=O) groups is 1. The van der Waals surface area contributed by atoms with Crippen molar-refractivity contribution in [2.24, 2.45) is 5.41 Å². The van der Waals surface area contributed by atoms with Gasteiger partial charge in [0.05, 0.1) is 6.54 Å². The van der Waals surface area contributed by atoms with Gasteiger partial charge in [0.25, 0.3) is 0 Å². The molecule has 3 nitrogen and oxygen atoms in total. The Morgan fingerprint density at radius 2 is 2.04 bits per heavy atom. The maximum absolute atomic E-state index is 12.9. The van der Waals surface area contributed by atoms with Crippen molar-refractivity contribution in [3.05, 3.63) is 49.1 Å². The summed E-state index contributed by atoms with van der Waals surface area (Å²) in [5.41, 5.74) is 3.91. The predicted octanol–water partition coefficient (Wildman–Crippen LogP) is 3.84. The highest BCUT2D eigenvalue weighted by molar-refractivity contribution is 7.59. The lowest BCUT2D eigenvalue weighted by atomic mass is 9.66. The smallest absolute Gasteiger partial charge is 0.234 e. The monoisotopic (exact) mass is 370 g/mol. The molecule has 0 aromatic carbocycles. The average molecular weight is 370 g/mol. The van der Waals surface area contributed by atoms with Crippen LogP contribution in [0.5, 0.6) is 0 Å². The molecule has 5 aliphatic rings. The van der Waals surface area contributed by atoms with Gasteiger partial charge in [-0.15, -0.1) is 14.5 Å². The van der Waals surface area contributed by atoms with Crippen LogP contribution in [0.1, 0.15) is 32.1 Å². The van der Waals surface area contributed by atoms with Crippen LogP contribution in [0.2, 0.25) is 0 Å². The number of rotatable bonds is 7. The maximum Gasteiger partial charge on any atom is 0.234 e. The molecular weight excluding hydrogens is 339 g/mol. The van der Waals surface area contributed by atoms with E-state index in [0.717, 1.165) is 31.6 Å². The van der Waals surface area contributed by atoms with E-state index in [1.54, 1.807) is 0 Å². The van der Waals surface area contributed by atoms with Crippen LogP contribution in [0.25, 0.3) is 0 Å². The van der Waals surface area contributed by atoms with Crippen LogP contribution in [-0.2, 0) is 4.79 Å². The number of amides is 1. The molecular formula is C22H31N2OP. The third kappa shape index (κ3) is 3.14. The average Bonchev–Trinajstić information content (AvgIpc) is 2.98. The zero-order chi connectivity index (χ0) is 18.4. The minimum absolute atomic E-state index is 0.0894. The largest absolute Gasteiger partial charge is 0.349 e. The Bertz CT molecular complexity index is 666. The first-order valence-corrected chi connectivity index (χ1v) is 11.6. The molecule has 5 rings (SSSR count). The fourth-order valence-electron chi connectivity index (χ4n) is 6.14. The second-order valence-corrected chi connectivity index (χ2v) is 11.4. The van der Waals surface area contributed by atoms with Crippen LogP contribution >= 0.6 is 7.92 Å². The molecule has 1 aliphatic carbocycles. The van der Waals surface area contributed by atoms with Crippen LogP contribution < -0.4 is 5.32 Å². The summed E-state index contributed by atoms with van der Waals surface area (Å²) in [4.78, 5) is 15.1. The van der Waals surface area contributed by atoms with Gasteiger partial charge < -0.3 is 5.32 Å². The number of hydrogen-bond acceptors (Lipinski definition) is 2. The van der Waals surface area contributed by atoms with E-state index < -0.39 is 0 Å². The summed E-state index contributed by atoms with van der Waals surface area (Å²) in [6.07, 6.45) is 14.5. The van der Waals surface area contributed by atoms with Crippen molar-refractivity contribution in [2.75, 3.05) is 32.0 Å². The van der Waals surface area contributed by atoms with E-state index in [1.165, 1.54) is 42.7 Å². The van der Waals surface area contributed by atoms with Crippen molar-refractivity contribution in [1.82, 2.24) is 10.2 Å². The van der Waals surface area contributed by atoms with Crippen LogP contribution in [-0.4, -0.2) is 54.0 Å². The number of carbonyl (C=O) groups excluding carboxylic acids is 1. The standard InChI is InChI=1S/C22H31N2OP/c1-4-8-21-10-19-11-22(14-21,16-26(19)15-21)23-20(25)13-24-9-7-17(5-2)18(6-3)12-24/h4-6,19H,1-3,7-16H2,(H,23,25)/t19?,21?,22-,26?/m1/s1. The highest BCUT2D eigenvalue weighted by Crippen LogP contribution is 2.73. The van der Waals surface area contributed by atoms with Crippen LogP contribution in [0, 0.1) is 5.41 Å². The van der Waals surface area contributed by atoms with E-state index in [0.29, 0.717) is 12.0 Å². The van der Waals surface area contributed by atoms with E-state index in [-0.39, 0.29) is 19.4 Å². The van der Waals surface area contributed by atoms with Gasteiger partial charge in [0, 0.05) is 18.6 Å². The minimum Gasteiger partial charge on any atom is -0.349 e. The molecule has 0 aromatic rings. The van der Waals surface area contributed by atoms with Gasteiger partial charge in [-0.25, -0.2) is 0 Å². The van der Waals surface area contributed by atoms with Gasteiger partial charge in [0.15, 0.2) is 0 Å². The summed E-state index contributed by atoms with van der Waals surface area (Å²) in [7, 11) is 0.133. The van der Waals surface area contributed by atoms with Crippen molar-refractivity contribution in [1.29, 1.82) is 0 Å². The number of nitrogens with zero attached hydrogens (tertiary/aromatic N) is 1. The van der Waals surface area contributed by atoms with Gasteiger partial charge in [0.2, 0.25) is 5.91 Å². The lowest BCUT2D eigenvalue weighted by Crippen LogP contribution is -2.57. The van der Waals surface area contributed by atoms with E-state index in [1.807, 2.05) is 12.2 Å². The van der Waals surface area contributed by atoms with Crippen molar-refractivity contribution < 1.29 is 4.79 Å². The fourth-order valence-corrected chi connectivity index (χ4v) is 10.4. The van der Waals surface area contributed by atoms with Crippen LogP contribution in [0.4, 0.5) is 0 Å². The predicted molar refractivity (Wildman–Crippen MR) is 111 cm³/mol. The second-order valence-electron chi connectivity index (χ2n) is 8.88. The Morgan fingerprint density at radius 1 is 1.23 bits per heavy atom. The lowest BCUT2D eigenvalue weighted by Gasteiger charge is -2.46. The normalized spacial score (nSPS) is 38.5. The molecule has 4 bridgehead atoms. The highest BCUT2D eigenvalue weighted by Gasteiger charge is 2.62. The van der Waals surface area contributed by atoms with Crippen molar-refractivity contribution in [3.8, 4) is 0 Å². The second kappa shape index (κ2) is 6.77. The SMILES string of the molecule is C=CCC12CC3C[C@](NC(=O)CN4CCC(C=C)=C(C=C)C4)(CP3C1)C2. The molecule has 0 aromatic heterocycles. The number of allylic oxidation sites excluding steroid dienone is 2. The molecule has 4 fully saturated rings. The van der Waals surface area contributed by atoms with Crippen molar-refractivity contribution >= 4 is 13.8 Å². The van der Waals surface area contributed by atoms with E-state index >= 15 is 0 Å². The Hall–Kier alpha value is -1.18. The van der Waals surface area contributed by atoms with Crippen LogP contribution in [0.3, 0.4) is 0 Å².